The molecule has 1 saturated carbocycles. The van der Waals surface area contributed by atoms with Gasteiger partial charge in [0.2, 0.25) is 0 Å². The topological polar surface area (TPSA) is 131 Å². The molecular formula is C25H30N8O2. The lowest BCUT2D eigenvalue weighted by atomic mass is 9.93. The highest BCUT2D eigenvalue weighted by Crippen LogP contribution is 2.39. The fourth-order valence-corrected chi connectivity index (χ4v) is 4.46. The van der Waals surface area contributed by atoms with Crippen LogP contribution in [0.1, 0.15) is 58.5 Å². The van der Waals surface area contributed by atoms with Crippen molar-refractivity contribution in [1.29, 1.82) is 0 Å². The first kappa shape index (κ1) is 22.8. The summed E-state index contributed by atoms with van der Waals surface area (Å²) in [6.45, 7) is 3.50. The third kappa shape index (κ3) is 5.11. The summed E-state index contributed by atoms with van der Waals surface area (Å²) in [4.78, 5) is 35.9. The second-order valence-electron chi connectivity index (χ2n) is 9.51. The Balaban J connectivity index is 1.31. The van der Waals surface area contributed by atoms with Crippen molar-refractivity contribution in [3.8, 4) is 0 Å². The quantitative estimate of drug-likeness (QED) is 0.480. The van der Waals surface area contributed by atoms with Gasteiger partial charge in [-0.1, -0.05) is 19.1 Å². The van der Waals surface area contributed by atoms with Crippen molar-refractivity contribution < 1.29 is 9.59 Å². The van der Waals surface area contributed by atoms with Crippen LogP contribution in [-0.4, -0.2) is 50.7 Å². The predicted octanol–water partition coefficient (Wildman–Crippen LogP) is 2.57. The largest absolute Gasteiger partial charge is 0.364 e. The van der Waals surface area contributed by atoms with E-state index in [1.54, 1.807) is 30.3 Å². The molecule has 4 N–H and O–H groups in total. The number of benzene rings is 1. The number of amides is 2. The van der Waals surface area contributed by atoms with Gasteiger partial charge in [0.25, 0.3) is 11.8 Å². The Morgan fingerprint density at radius 2 is 1.89 bits per heavy atom. The number of nitrogens with zero attached hydrogens (tertiary/aromatic N) is 5. The molecule has 5 rings (SSSR count). The molecule has 0 bridgehead atoms. The van der Waals surface area contributed by atoms with Crippen LogP contribution in [0.15, 0.2) is 42.9 Å². The predicted molar refractivity (Wildman–Crippen MR) is 133 cm³/mol. The van der Waals surface area contributed by atoms with Crippen LogP contribution in [0.4, 0.5) is 17.3 Å². The summed E-state index contributed by atoms with van der Waals surface area (Å²) in [5.74, 6) is 1.13. The maximum Gasteiger partial charge on any atom is 0.271 e. The Hall–Kier alpha value is -3.95. The molecular weight excluding hydrogens is 444 g/mol. The van der Waals surface area contributed by atoms with Gasteiger partial charge in [-0.15, -0.1) is 0 Å². The molecule has 2 atom stereocenters. The van der Waals surface area contributed by atoms with Crippen LogP contribution in [0.2, 0.25) is 0 Å². The molecule has 0 unspecified atom stereocenters. The van der Waals surface area contributed by atoms with Crippen LogP contribution < -0.4 is 21.3 Å². The summed E-state index contributed by atoms with van der Waals surface area (Å²) >= 11 is 0. The first-order valence-corrected chi connectivity index (χ1v) is 12.0. The van der Waals surface area contributed by atoms with E-state index in [2.05, 4.69) is 49.7 Å². The Morgan fingerprint density at radius 3 is 2.54 bits per heavy atom. The van der Waals surface area contributed by atoms with E-state index in [9.17, 15) is 9.59 Å². The molecule has 0 radical (unpaired) electrons. The molecule has 3 heterocycles. The minimum atomic E-state index is -0.666. The molecule has 3 aromatic rings. The number of carbonyl (C=O) groups excluding carboxylic acids is 2. The smallest absolute Gasteiger partial charge is 0.271 e. The lowest BCUT2D eigenvalue weighted by Gasteiger charge is -2.38. The normalized spacial score (nSPS) is 19.9. The summed E-state index contributed by atoms with van der Waals surface area (Å²) in [5.41, 5.74) is 8.23. The van der Waals surface area contributed by atoms with Gasteiger partial charge in [0.15, 0.2) is 11.5 Å². The Bertz CT molecular complexity index is 1230. The van der Waals surface area contributed by atoms with Crippen molar-refractivity contribution in [2.45, 2.75) is 38.1 Å². The SMILES string of the molecule is C[C@@H]1CCN(c2cnc(C(N)=O)c(Nc3cnn(C)c3)n2)C[C@@H]1NC(=O)c1ccc(C2CC2)cc1. The zero-order chi connectivity index (χ0) is 24.5. The second-order valence-corrected chi connectivity index (χ2v) is 9.51. The maximum absolute atomic E-state index is 13.0. The molecule has 10 nitrogen and oxygen atoms in total. The average Bonchev–Trinajstić information content (AvgIpc) is 3.62. The van der Waals surface area contributed by atoms with Crippen molar-refractivity contribution in [3.63, 3.8) is 0 Å². The molecule has 1 aromatic carbocycles. The van der Waals surface area contributed by atoms with E-state index < -0.39 is 5.91 Å². The second kappa shape index (κ2) is 9.36. The minimum absolute atomic E-state index is 0.0493. The van der Waals surface area contributed by atoms with Crippen LogP contribution in [0.25, 0.3) is 0 Å². The van der Waals surface area contributed by atoms with E-state index in [0.29, 0.717) is 35.4 Å². The number of anilines is 3. The highest BCUT2D eigenvalue weighted by atomic mass is 16.2. The number of hydrogen-bond acceptors (Lipinski definition) is 7. The zero-order valence-corrected chi connectivity index (χ0v) is 19.9. The van der Waals surface area contributed by atoms with Gasteiger partial charge in [0, 0.05) is 37.9 Å². The number of carbonyl (C=O) groups is 2. The molecule has 1 aliphatic carbocycles. The molecule has 2 amide bonds. The number of primary amides is 1. The van der Waals surface area contributed by atoms with Crippen LogP contribution in [0, 0.1) is 5.92 Å². The molecule has 1 saturated heterocycles. The van der Waals surface area contributed by atoms with Gasteiger partial charge < -0.3 is 21.3 Å². The van der Waals surface area contributed by atoms with Crippen molar-refractivity contribution in [2.24, 2.45) is 18.7 Å². The van der Waals surface area contributed by atoms with Gasteiger partial charge in [0.05, 0.1) is 18.1 Å². The molecule has 35 heavy (non-hydrogen) atoms. The first-order chi connectivity index (χ1) is 16.9. The molecule has 182 valence electrons. The summed E-state index contributed by atoms with van der Waals surface area (Å²) in [5, 5.41) is 10.4. The van der Waals surface area contributed by atoms with Crippen molar-refractivity contribution in [1.82, 2.24) is 25.1 Å². The highest BCUT2D eigenvalue weighted by molar-refractivity contribution is 5.96. The summed E-state index contributed by atoms with van der Waals surface area (Å²) in [6.07, 6.45) is 8.32. The summed E-state index contributed by atoms with van der Waals surface area (Å²) < 4.78 is 1.64. The van der Waals surface area contributed by atoms with Crippen molar-refractivity contribution >= 4 is 29.1 Å². The highest BCUT2D eigenvalue weighted by Gasteiger charge is 2.30. The summed E-state index contributed by atoms with van der Waals surface area (Å²) in [7, 11) is 1.80. The molecule has 2 aliphatic rings. The number of aromatic nitrogens is 4. The van der Waals surface area contributed by atoms with Gasteiger partial charge in [0.1, 0.15) is 5.82 Å². The number of piperidine rings is 1. The maximum atomic E-state index is 13.0. The van der Waals surface area contributed by atoms with Crippen molar-refractivity contribution in [2.75, 3.05) is 23.3 Å². The fourth-order valence-electron chi connectivity index (χ4n) is 4.46. The van der Waals surface area contributed by atoms with Crippen molar-refractivity contribution in [3.05, 3.63) is 59.7 Å². The van der Waals surface area contributed by atoms with E-state index in [1.807, 2.05) is 12.1 Å². The van der Waals surface area contributed by atoms with E-state index in [0.717, 1.165) is 13.0 Å². The van der Waals surface area contributed by atoms with Gasteiger partial charge in [-0.05, 0) is 48.8 Å². The van der Waals surface area contributed by atoms with Gasteiger partial charge in [-0.2, -0.15) is 5.10 Å². The Labute approximate surface area is 203 Å². The monoisotopic (exact) mass is 474 g/mol. The third-order valence-electron chi connectivity index (χ3n) is 6.78. The number of aryl methyl sites for hydroxylation is 1. The average molecular weight is 475 g/mol. The summed E-state index contributed by atoms with van der Waals surface area (Å²) in [6, 6.07) is 7.91. The fraction of sp³-hybridized carbons (Fsp3) is 0.400. The molecule has 10 heteroatoms. The van der Waals surface area contributed by atoms with Gasteiger partial charge >= 0.3 is 0 Å². The zero-order valence-electron chi connectivity index (χ0n) is 19.9. The van der Waals surface area contributed by atoms with E-state index in [4.69, 9.17) is 5.73 Å². The molecule has 2 aromatic heterocycles. The van der Waals surface area contributed by atoms with E-state index in [-0.39, 0.29) is 23.5 Å². The van der Waals surface area contributed by atoms with Gasteiger partial charge in [-0.3, -0.25) is 14.3 Å². The molecule has 0 spiro atoms. The molecule has 2 fully saturated rings. The third-order valence-corrected chi connectivity index (χ3v) is 6.78. The van der Waals surface area contributed by atoms with Gasteiger partial charge in [-0.25, -0.2) is 9.97 Å². The van der Waals surface area contributed by atoms with E-state index in [1.165, 1.54) is 18.4 Å². The minimum Gasteiger partial charge on any atom is -0.364 e. The lowest BCUT2D eigenvalue weighted by Crippen LogP contribution is -2.52. The first-order valence-electron chi connectivity index (χ1n) is 12.0. The van der Waals surface area contributed by atoms with E-state index >= 15 is 0 Å². The molecule has 1 aliphatic heterocycles. The standard InChI is InChI=1S/C25H30N8O2/c1-15-9-10-33(14-20(15)30-25(35)18-7-5-17(6-8-18)16-3-4-16)21-12-27-22(23(26)34)24(31-21)29-19-11-28-32(2)13-19/h5-8,11-13,15-16,20H,3-4,9-10,14H2,1-2H3,(H2,26,34)(H,29,31)(H,30,35)/t15-,20+/m1/s1. The van der Waals surface area contributed by atoms with Crippen LogP contribution in [0.5, 0.6) is 0 Å². The van der Waals surface area contributed by atoms with Crippen LogP contribution in [0.3, 0.4) is 0 Å². The van der Waals surface area contributed by atoms with Crippen LogP contribution >= 0.6 is 0 Å². The Kier molecular flexibility index (Phi) is 6.10. The number of nitrogens with two attached hydrogens (primary N) is 1. The lowest BCUT2D eigenvalue weighted by molar-refractivity contribution is 0.0918. The van der Waals surface area contributed by atoms with Crippen LogP contribution in [-0.2, 0) is 7.05 Å². The number of nitrogens with one attached hydrogen (secondary N) is 2. The number of rotatable bonds is 7. The number of hydrogen-bond donors (Lipinski definition) is 3. The Morgan fingerprint density at radius 1 is 1.11 bits per heavy atom.